The summed E-state index contributed by atoms with van der Waals surface area (Å²) in [6, 6.07) is 2.10. The summed E-state index contributed by atoms with van der Waals surface area (Å²) in [5, 5.41) is 8.66. The number of sulfonamides is 1. The second kappa shape index (κ2) is 11.2. The van der Waals surface area contributed by atoms with E-state index >= 15 is 0 Å². The predicted octanol–water partition coefficient (Wildman–Crippen LogP) is 4.50. The van der Waals surface area contributed by atoms with E-state index in [1.165, 1.54) is 4.31 Å². The number of Topliss-reactive ketones (excluding diaryl/α,β-unsaturated/α-hetero) is 1. The lowest BCUT2D eigenvalue weighted by Gasteiger charge is -2.18. The zero-order valence-corrected chi connectivity index (χ0v) is 17.6. The maximum Gasteiger partial charge on any atom is 0.242 e. The highest BCUT2D eigenvalue weighted by Gasteiger charge is 2.28. The minimum atomic E-state index is -3.53. The molecule has 1 atom stereocenters. The minimum Gasteiger partial charge on any atom is -0.299 e. The van der Waals surface area contributed by atoms with E-state index in [9.17, 15) is 13.2 Å². The van der Waals surface area contributed by atoms with Crippen molar-refractivity contribution in [1.29, 1.82) is 5.26 Å². The van der Waals surface area contributed by atoms with Crippen molar-refractivity contribution in [3.8, 4) is 6.07 Å². The number of nitriles is 1. The van der Waals surface area contributed by atoms with Crippen LogP contribution >= 0.6 is 0 Å². The SMILES string of the molecule is C=C(C)C(=CC(=CCC)S(=O)(=O)N1CCCC1)CC(=O)CC(C)CCC#N. The standard InChI is InChI=1S/C21H32N2O3S/c1-5-9-21(27(25,26)23-12-6-7-13-23)16-19(17(2)3)15-20(24)14-18(4)10-8-11-22/h9,16,18H,2,5-8,10,12-15H2,1,3-4H3. The molecule has 0 aliphatic carbocycles. The van der Waals surface area contributed by atoms with E-state index in [2.05, 4.69) is 12.6 Å². The van der Waals surface area contributed by atoms with Crippen LogP contribution in [0.1, 0.15) is 65.7 Å². The van der Waals surface area contributed by atoms with Crippen LogP contribution in [0.25, 0.3) is 0 Å². The van der Waals surface area contributed by atoms with Gasteiger partial charge in [-0.25, -0.2) is 8.42 Å². The van der Waals surface area contributed by atoms with Crippen LogP contribution in [0.4, 0.5) is 0 Å². The Balaban J connectivity index is 3.00. The highest BCUT2D eigenvalue weighted by molar-refractivity contribution is 7.93. The summed E-state index contributed by atoms with van der Waals surface area (Å²) in [5.74, 6) is 0.187. The van der Waals surface area contributed by atoms with Crippen LogP contribution < -0.4 is 0 Å². The summed E-state index contributed by atoms with van der Waals surface area (Å²) in [6.07, 6.45) is 7.38. The van der Waals surface area contributed by atoms with Crippen LogP contribution in [0, 0.1) is 17.2 Å². The summed E-state index contributed by atoms with van der Waals surface area (Å²) >= 11 is 0. The summed E-state index contributed by atoms with van der Waals surface area (Å²) < 4.78 is 27.4. The van der Waals surface area contributed by atoms with E-state index in [4.69, 9.17) is 5.26 Å². The molecule has 150 valence electrons. The van der Waals surface area contributed by atoms with Crippen molar-refractivity contribution in [2.45, 2.75) is 65.7 Å². The molecule has 0 bridgehead atoms. The second-order valence-corrected chi connectivity index (χ2v) is 9.24. The highest BCUT2D eigenvalue weighted by Crippen LogP contribution is 2.25. The number of nitrogens with zero attached hydrogens (tertiary/aromatic N) is 2. The van der Waals surface area contributed by atoms with Gasteiger partial charge < -0.3 is 0 Å². The van der Waals surface area contributed by atoms with Gasteiger partial charge in [-0.05, 0) is 50.2 Å². The van der Waals surface area contributed by atoms with Crippen molar-refractivity contribution in [3.63, 3.8) is 0 Å². The molecule has 1 heterocycles. The van der Waals surface area contributed by atoms with Crippen molar-refractivity contribution < 1.29 is 13.2 Å². The van der Waals surface area contributed by atoms with Crippen LogP contribution in [0.3, 0.4) is 0 Å². The smallest absolute Gasteiger partial charge is 0.242 e. The van der Waals surface area contributed by atoms with Crippen LogP contribution in [0.2, 0.25) is 0 Å². The molecule has 1 unspecified atom stereocenters. The average molecular weight is 393 g/mol. The molecule has 1 fully saturated rings. The first-order chi connectivity index (χ1) is 12.7. The molecule has 0 radical (unpaired) electrons. The number of ketones is 1. The molecule has 0 aromatic heterocycles. The van der Waals surface area contributed by atoms with E-state index in [1.807, 2.05) is 13.8 Å². The van der Waals surface area contributed by atoms with Gasteiger partial charge in [0.05, 0.1) is 11.0 Å². The van der Waals surface area contributed by atoms with Crippen LogP contribution in [-0.4, -0.2) is 31.6 Å². The molecule has 1 rings (SSSR count). The first-order valence-corrected chi connectivity index (χ1v) is 11.1. The number of hydrogen-bond donors (Lipinski definition) is 0. The van der Waals surface area contributed by atoms with Gasteiger partial charge >= 0.3 is 0 Å². The third kappa shape index (κ3) is 7.43. The van der Waals surface area contributed by atoms with Crippen molar-refractivity contribution in [2.24, 2.45) is 5.92 Å². The van der Waals surface area contributed by atoms with Crippen LogP contribution in [0.5, 0.6) is 0 Å². The molecule has 0 aromatic carbocycles. The molecule has 0 amide bonds. The van der Waals surface area contributed by atoms with Gasteiger partial charge in [-0.15, -0.1) is 0 Å². The summed E-state index contributed by atoms with van der Waals surface area (Å²) in [5.41, 5.74) is 1.36. The molecule has 1 saturated heterocycles. The van der Waals surface area contributed by atoms with E-state index in [0.29, 0.717) is 49.9 Å². The Bertz CT molecular complexity index is 736. The van der Waals surface area contributed by atoms with Gasteiger partial charge in [-0.1, -0.05) is 32.1 Å². The topological polar surface area (TPSA) is 78.2 Å². The molecule has 0 aromatic rings. The van der Waals surface area contributed by atoms with E-state index in [1.54, 1.807) is 19.1 Å². The van der Waals surface area contributed by atoms with E-state index in [-0.39, 0.29) is 23.0 Å². The molecule has 5 nitrogen and oxygen atoms in total. The zero-order chi connectivity index (χ0) is 20.4. The number of rotatable bonds is 11. The zero-order valence-electron chi connectivity index (χ0n) is 16.8. The third-order valence-corrected chi connectivity index (χ3v) is 6.61. The molecule has 1 aliphatic heterocycles. The number of allylic oxidation sites excluding steroid dienone is 4. The van der Waals surface area contributed by atoms with Gasteiger partial charge in [0.2, 0.25) is 10.0 Å². The lowest BCUT2D eigenvalue weighted by molar-refractivity contribution is -0.119. The number of hydrogen-bond acceptors (Lipinski definition) is 4. The molecule has 27 heavy (non-hydrogen) atoms. The van der Waals surface area contributed by atoms with E-state index < -0.39 is 10.0 Å². The Morgan fingerprint density at radius 3 is 2.48 bits per heavy atom. The summed E-state index contributed by atoms with van der Waals surface area (Å²) in [4.78, 5) is 12.7. The van der Waals surface area contributed by atoms with Crippen molar-refractivity contribution in [3.05, 3.63) is 34.8 Å². The largest absolute Gasteiger partial charge is 0.299 e. The second-order valence-electron chi connectivity index (χ2n) is 7.30. The third-order valence-electron chi connectivity index (χ3n) is 4.69. The molecular formula is C21H32N2O3S. The monoisotopic (exact) mass is 392 g/mol. The van der Waals surface area contributed by atoms with Gasteiger partial charge in [0.25, 0.3) is 0 Å². The lowest BCUT2D eigenvalue weighted by Crippen LogP contribution is -2.28. The Hall–Kier alpha value is -1.71. The summed E-state index contributed by atoms with van der Waals surface area (Å²) in [6.45, 7) is 10.7. The quantitative estimate of drug-likeness (QED) is 0.485. The van der Waals surface area contributed by atoms with E-state index in [0.717, 1.165) is 12.8 Å². The Labute approximate surface area is 164 Å². The van der Waals surface area contributed by atoms with Gasteiger partial charge in [0.15, 0.2) is 0 Å². The number of carbonyl (C=O) groups excluding carboxylic acids is 1. The van der Waals surface area contributed by atoms with Gasteiger partial charge in [0, 0.05) is 32.4 Å². The lowest BCUT2D eigenvalue weighted by atomic mass is 9.94. The predicted molar refractivity (Wildman–Crippen MR) is 109 cm³/mol. The normalized spacial score (nSPS) is 17.6. The van der Waals surface area contributed by atoms with Gasteiger partial charge in [-0.2, -0.15) is 9.57 Å². The average Bonchev–Trinajstić information content (AvgIpc) is 3.13. The van der Waals surface area contributed by atoms with Crippen LogP contribution in [-0.2, 0) is 14.8 Å². The fourth-order valence-electron chi connectivity index (χ4n) is 3.10. The van der Waals surface area contributed by atoms with Crippen LogP contribution in [0.15, 0.2) is 34.8 Å². The van der Waals surface area contributed by atoms with Gasteiger partial charge in [-0.3, -0.25) is 4.79 Å². The Morgan fingerprint density at radius 2 is 1.96 bits per heavy atom. The fraction of sp³-hybridized carbons (Fsp3) is 0.619. The minimum absolute atomic E-state index is 0.0455. The first-order valence-electron chi connectivity index (χ1n) is 9.67. The first kappa shape index (κ1) is 23.3. The maximum absolute atomic E-state index is 12.9. The molecule has 0 spiro atoms. The highest BCUT2D eigenvalue weighted by atomic mass is 32.2. The summed E-state index contributed by atoms with van der Waals surface area (Å²) in [7, 11) is -3.53. The molecule has 0 N–H and O–H groups in total. The maximum atomic E-state index is 12.9. The van der Waals surface area contributed by atoms with Gasteiger partial charge in [0.1, 0.15) is 5.78 Å². The Morgan fingerprint density at radius 1 is 1.33 bits per heavy atom. The molecule has 1 aliphatic rings. The molecular weight excluding hydrogens is 360 g/mol. The molecule has 0 saturated carbocycles. The van der Waals surface area contributed by atoms with Crippen molar-refractivity contribution >= 4 is 15.8 Å². The number of carbonyl (C=O) groups is 1. The van der Waals surface area contributed by atoms with Crippen molar-refractivity contribution in [1.82, 2.24) is 4.31 Å². The molecule has 6 heteroatoms. The fourth-order valence-corrected chi connectivity index (χ4v) is 4.81. The van der Waals surface area contributed by atoms with Crippen molar-refractivity contribution in [2.75, 3.05) is 13.1 Å². The Kier molecular flexibility index (Phi) is 9.68.